The van der Waals surface area contributed by atoms with E-state index in [9.17, 15) is 8.42 Å². The largest absolute Gasteiger partial charge is 0.508 e. The van der Waals surface area contributed by atoms with E-state index in [4.69, 9.17) is 5.11 Å². The summed E-state index contributed by atoms with van der Waals surface area (Å²) in [5.74, 6) is 0.0616. The van der Waals surface area contributed by atoms with Gasteiger partial charge < -0.3 is 5.11 Å². The number of sulfonamides is 1. The van der Waals surface area contributed by atoms with E-state index in [0.717, 1.165) is 0 Å². The van der Waals surface area contributed by atoms with Gasteiger partial charge in [-0.1, -0.05) is 6.92 Å². The van der Waals surface area contributed by atoms with Crippen molar-refractivity contribution >= 4 is 10.0 Å². The summed E-state index contributed by atoms with van der Waals surface area (Å²) in [5, 5.41) is 9.12. The average Bonchev–Trinajstić information content (AvgIpc) is 2.18. The monoisotopic (exact) mass is 243 g/mol. The molecule has 0 unspecified atom stereocenters. The molecule has 1 N–H and O–H groups in total. The maximum absolute atomic E-state index is 12.2. The van der Waals surface area contributed by atoms with Gasteiger partial charge in [0.2, 0.25) is 10.0 Å². The molecule has 0 atom stereocenters. The number of hydrogen-bond acceptors (Lipinski definition) is 3. The van der Waals surface area contributed by atoms with Crippen molar-refractivity contribution in [2.45, 2.75) is 31.7 Å². The van der Waals surface area contributed by atoms with Crippen LogP contribution in [0.1, 0.15) is 20.8 Å². The molecule has 0 spiro atoms. The minimum atomic E-state index is -3.44. The SMILES string of the molecule is CCN(C(C)C)S(=O)(=O)c1ccc(O)cc1. The predicted octanol–water partition coefficient (Wildman–Crippen LogP) is 1.81. The Morgan fingerprint density at radius 1 is 1.25 bits per heavy atom. The van der Waals surface area contributed by atoms with Crippen LogP contribution in [0.5, 0.6) is 5.75 Å². The summed E-state index contributed by atoms with van der Waals surface area (Å²) in [5.41, 5.74) is 0. The Labute approximate surface area is 96.6 Å². The molecule has 0 aliphatic heterocycles. The molecule has 0 aliphatic rings. The van der Waals surface area contributed by atoms with Gasteiger partial charge in [0.25, 0.3) is 0 Å². The lowest BCUT2D eigenvalue weighted by Crippen LogP contribution is -2.36. The molecule has 1 aromatic carbocycles. The van der Waals surface area contributed by atoms with Crippen LogP contribution in [0.15, 0.2) is 29.2 Å². The number of aromatic hydroxyl groups is 1. The van der Waals surface area contributed by atoms with Crippen LogP contribution in [-0.4, -0.2) is 30.4 Å². The average molecular weight is 243 g/mol. The molecule has 0 aromatic heterocycles. The molecule has 0 bridgehead atoms. The molecule has 0 aliphatic carbocycles. The summed E-state index contributed by atoms with van der Waals surface area (Å²) in [4.78, 5) is 0.209. The highest BCUT2D eigenvalue weighted by molar-refractivity contribution is 7.89. The molecule has 16 heavy (non-hydrogen) atoms. The fourth-order valence-electron chi connectivity index (χ4n) is 1.57. The van der Waals surface area contributed by atoms with Gasteiger partial charge in [-0.05, 0) is 38.1 Å². The minimum absolute atomic E-state index is 0.0616. The van der Waals surface area contributed by atoms with E-state index in [1.807, 2.05) is 13.8 Å². The Bertz CT molecular complexity index is 437. The van der Waals surface area contributed by atoms with E-state index in [1.165, 1.54) is 28.6 Å². The zero-order valence-electron chi connectivity index (χ0n) is 9.71. The number of phenols is 1. The standard InChI is InChI=1S/C11H17NO3S/c1-4-12(9(2)3)16(14,15)11-7-5-10(13)6-8-11/h5-9,13H,4H2,1-3H3. The Morgan fingerprint density at radius 2 is 1.75 bits per heavy atom. The summed E-state index contributed by atoms with van der Waals surface area (Å²) in [6, 6.07) is 5.50. The van der Waals surface area contributed by atoms with Crippen molar-refractivity contribution in [3.63, 3.8) is 0 Å². The molecule has 0 saturated carbocycles. The first-order valence-corrected chi connectivity index (χ1v) is 6.64. The van der Waals surface area contributed by atoms with E-state index in [1.54, 1.807) is 6.92 Å². The molecule has 0 fully saturated rings. The summed E-state index contributed by atoms with van der Waals surface area (Å²) in [7, 11) is -3.44. The molecule has 1 aromatic rings. The lowest BCUT2D eigenvalue weighted by molar-refractivity contribution is 0.369. The van der Waals surface area contributed by atoms with E-state index < -0.39 is 10.0 Å². The number of nitrogens with zero attached hydrogens (tertiary/aromatic N) is 1. The van der Waals surface area contributed by atoms with Gasteiger partial charge in [-0.2, -0.15) is 4.31 Å². The van der Waals surface area contributed by atoms with Crippen LogP contribution >= 0.6 is 0 Å². The van der Waals surface area contributed by atoms with E-state index in [0.29, 0.717) is 6.54 Å². The van der Waals surface area contributed by atoms with Gasteiger partial charge >= 0.3 is 0 Å². The van der Waals surface area contributed by atoms with Crippen LogP contribution in [0.3, 0.4) is 0 Å². The third-order valence-electron chi connectivity index (χ3n) is 2.33. The van der Waals surface area contributed by atoms with Crippen molar-refractivity contribution in [2.75, 3.05) is 6.54 Å². The van der Waals surface area contributed by atoms with Crippen molar-refractivity contribution < 1.29 is 13.5 Å². The second-order valence-electron chi connectivity index (χ2n) is 3.80. The first kappa shape index (κ1) is 13.0. The van der Waals surface area contributed by atoms with Crippen LogP contribution in [0, 0.1) is 0 Å². The van der Waals surface area contributed by atoms with Gasteiger partial charge in [0.15, 0.2) is 0 Å². The van der Waals surface area contributed by atoms with Gasteiger partial charge in [0, 0.05) is 12.6 Å². The number of benzene rings is 1. The van der Waals surface area contributed by atoms with Crippen molar-refractivity contribution in [1.82, 2.24) is 4.31 Å². The van der Waals surface area contributed by atoms with Gasteiger partial charge in [0.1, 0.15) is 5.75 Å². The van der Waals surface area contributed by atoms with Gasteiger partial charge in [-0.25, -0.2) is 8.42 Å². The normalized spacial score (nSPS) is 12.3. The quantitative estimate of drug-likeness (QED) is 0.877. The highest BCUT2D eigenvalue weighted by Crippen LogP contribution is 2.20. The zero-order valence-corrected chi connectivity index (χ0v) is 10.5. The number of hydrogen-bond donors (Lipinski definition) is 1. The Balaban J connectivity index is 3.15. The summed E-state index contributed by atoms with van der Waals surface area (Å²) >= 11 is 0. The van der Waals surface area contributed by atoms with Crippen LogP contribution in [0.2, 0.25) is 0 Å². The first-order chi connectivity index (χ1) is 7.39. The summed E-state index contributed by atoms with van der Waals surface area (Å²) in [6.07, 6.45) is 0. The third kappa shape index (κ3) is 2.54. The van der Waals surface area contributed by atoms with Gasteiger partial charge in [0.05, 0.1) is 4.90 Å². The van der Waals surface area contributed by atoms with Crippen molar-refractivity contribution in [3.05, 3.63) is 24.3 Å². The minimum Gasteiger partial charge on any atom is -0.508 e. The maximum atomic E-state index is 12.2. The fraction of sp³-hybridized carbons (Fsp3) is 0.455. The lowest BCUT2D eigenvalue weighted by Gasteiger charge is -2.24. The highest BCUT2D eigenvalue weighted by atomic mass is 32.2. The van der Waals surface area contributed by atoms with Gasteiger partial charge in [-0.15, -0.1) is 0 Å². The van der Waals surface area contributed by atoms with Crippen molar-refractivity contribution in [3.8, 4) is 5.75 Å². The van der Waals surface area contributed by atoms with Crippen LogP contribution in [-0.2, 0) is 10.0 Å². The zero-order chi connectivity index (χ0) is 12.3. The molecule has 1 rings (SSSR count). The molecule has 0 heterocycles. The number of rotatable bonds is 4. The van der Waals surface area contributed by atoms with Crippen LogP contribution < -0.4 is 0 Å². The predicted molar refractivity (Wildman–Crippen MR) is 62.8 cm³/mol. The van der Waals surface area contributed by atoms with E-state index >= 15 is 0 Å². The molecule has 90 valence electrons. The first-order valence-electron chi connectivity index (χ1n) is 5.20. The molecular weight excluding hydrogens is 226 g/mol. The Kier molecular flexibility index (Phi) is 3.93. The van der Waals surface area contributed by atoms with Crippen LogP contribution in [0.4, 0.5) is 0 Å². The molecule has 0 saturated heterocycles. The Morgan fingerprint density at radius 3 is 2.12 bits per heavy atom. The van der Waals surface area contributed by atoms with E-state index in [-0.39, 0.29) is 16.7 Å². The van der Waals surface area contributed by atoms with Gasteiger partial charge in [-0.3, -0.25) is 0 Å². The Hall–Kier alpha value is -1.07. The summed E-state index contributed by atoms with van der Waals surface area (Å²) in [6.45, 7) is 5.90. The molecule has 4 nitrogen and oxygen atoms in total. The molecular formula is C11H17NO3S. The smallest absolute Gasteiger partial charge is 0.243 e. The third-order valence-corrected chi connectivity index (χ3v) is 4.50. The topological polar surface area (TPSA) is 57.6 Å². The maximum Gasteiger partial charge on any atom is 0.243 e. The lowest BCUT2D eigenvalue weighted by atomic mass is 10.3. The van der Waals surface area contributed by atoms with Crippen LogP contribution in [0.25, 0.3) is 0 Å². The fourth-order valence-corrected chi connectivity index (χ4v) is 3.21. The second kappa shape index (κ2) is 4.84. The highest BCUT2D eigenvalue weighted by Gasteiger charge is 2.25. The molecule has 0 amide bonds. The van der Waals surface area contributed by atoms with E-state index in [2.05, 4.69) is 0 Å². The number of phenolic OH excluding ortho intramolecular Hbond substituents is 1. The molecule has 5 heteroatoms. The van der Waals surface area contributed by atoms with Crippen molar-refractivity contribution in [1.29, 1.82) is 0 Å². The second-order valence-corrected chi connectivity index (χ2v) is 5.69. The molecule has 0 radical (unpaired) electrons. The van der Waals surface area contributed by atoms with Crippen molar-refractivity contribution in [2.24, 2.45) is 0 Å². The summed E-state index contributed by atoms with van der Waals surface area (Å²) < 4.78 is 25.7.